The SMILES string of the molecule is CSC1=NC2(CC(c3cccc(F)c3)Oc3ccc(Br)cc32)C(=O)N1C. The lowest BCUT2D eigenvalue weighted by Gasteiger charge is -2.37. The fourth-order valence-electron chi connectivity index (χ4n) is 3.54. The number of hydrogen-bond donors (Lipinski definition) is 0. The highest BCUT2D eigenvalue weighted by molar-refractivity contribution is 9.10. The third-order valence-corrected chi connectivity index (χ3v) is 6.00. The van der Waals surface area contributed by atoms with E-state index in [2.05, 4.69) is 15.9 Å². The van der Waals surface area contributed by atoms with Crippen molar-refractivity contribution in [2.45, 2.75) is 18.1 Å². The van der Waals surface area contributed by atoms with Gasteiger partial charge in [-0.3, -0.25) is 9.69 Å². The number of thioether (sulfide) groups is 1. The fourth-order valence-corrected chi connectivity index (χ4v) is 4.50. The number of aliphatic imine (C=N–C) groups is 1. The third kappa shape index (κ3) is 2.65. The molecule has 2 aromatic rings. The van der Waals surface area contributed by atoms with Crippen LogP contribution < -0.4 is 4.74 Å². The summed E-state index contributed by atoms with van der Waals surface area (Å²) in [4.78, 5) is 19.6. The first-order valence-electron chi connectivity index (χ1n) is 8.09. The van der Waals surface area contributed by atoms with Crippen molar-refractivity contribution in [1.82, 2.24) is 4.90 Å². The quantitative estimate of drug-likeness (QED) is 0.663. The number of carbonyl (C=O) groups excluding carboxylic acids is 1. The normalized spacial score (nSPS) is 24.5. The Bertz CT molecular complexity index is 936. The van der Waals surface area contributed by atoms with E-state index in [1.807, 2.05) is 30.5 Å². The van der Waals surface area contributed by atoms with E-state index in [9.17, 15) is 9.18 Å². The first-order chi connectivity index (χ1) is 12.4. The second kappa shape index (κ2) is 6.39. The summed E-state index contributed by atoms with van der Waals surface area (Å²) in [5, 5.41) is 0.667. The number of rotatable bonds is 1. The van der Waals surface area contributed by atoms with Gasteiger partial charge in [0.2, 0.25) is 0 Å². The molecule has 0 aliphatic carbocycles. The molecule has 1 amide bonds. The topological polar surface area (TPSA) is 41.9 Å². The zero-order valence-corrected chi connectivity index (χ0v) is 16.6. The predicted octanol–water partition coefficient (Wildman–Crippen LogP) is 4.50. The zero-order valence-electron chi connectivity index (χ0n) is 14.2. The summed E-state index contributed by atoms with van der Waals surface area (Å²) in [6, 6.07) is 11.9. The van der Waals surface area contributed by atoms with Gasteiger partial charge in [-0.05, 0) is 42.2 Å². The molecule has 134 valence electrons. The first kappa shape index (κ1) is 17.5. The summed E-state index contributed by atoms with van der Waals surface area (Å²) >= 11 is 4.91. The maximum Gasteiger partial charge on any atom is 0.261 e. The molecule has 0 N–H and O–H groups in total. The van der Waals surface area contributed by atoms with Crippen molar-refractivity contribution in [3.63, 3.8) is 0 Å². The van der Waals surface area contributed by atoms with Crippen LogP contribution in [0.15, 0.2) is 51.9 Å². The molecule has 0 radical (unpaired) electrons. The van der Waals surface area contributed by atoms with Gasteiger partial charge in [0.05, 0.1) is 0 Å². The van der Waals surface area contributed by atoms with Crippen molar-refractivity contribution in [2.24, 2.45) is 4.99 Å². The molecule has 2 atom stereocenters. The highest BCUT2D eigenvalue weighted by Crippen LogP contribution is 2.51. The van der Waals surface area contributed by atoms with E-state index >= 15 is 0 Å². The highest BCUT2D eigenvalue weighted by atomic mass is 79.9. The molecule has 2 aliphatic heterocycles. The van der Waals surface area contributed by atoms with Gasteiger partial charge in [-0.15, -0.1) is 0 Å². The summed E-state index contributed by atoms with van der Waals surface area (Å²) in [6.45, 7) is 0. The Balaban J connectivity index is 1.89. The predicted molar refractivity (Wildman–Crippen MR) is 104 cm³/mol. The number of ether oxygens (including phenoxy) is 1. The van der Waals surface area contributed by atoms with E-state index in [1.54, 1.807) is 18.0 Å². The molecule has 4 nitrogen and oxygen atoms in total. The second-order valence-electron chi connectivity index (χ2n) is 6.33. The molecule has 0 fully saturated rings. The van der Waals surface area contributed by atoms with Crippen LogP contribution in [0.2, 0.25) is 0 Å². The molecular formula is C19H16BrFN2O2S. The molecular weight excluding hydrogens is 419 g/mol. The Morgan fingerprint density at radius 1 is 1.35 bits per heavy atom. The molecule has 0 aromatic heterocycles. The lowest BCUT2D eigenvalue weighted by molar-refractivity contribution is -0.132. The Labute approximate surface area is 163 Å². The van der Waals surface area contributed by atoms with Crippen LogP contribution in [0.5, 0.6) is 5.75 Å². The van der Waals surface area contributed by atoms with Crippen LogP contribution in [0.3, 0.4) is 0 Å². The van der Waals surface area contributed by atoms with Crippen LogP contribution in [0, 0.1) is 5.82 Å². The highest BCUT2D eigenvalue weighted by Gasteiger charge is 2.54. The molecule has 0 saturated carbocycles. The first-order valence-corrected chi connectivity index (χ1v) is 10.1. The van der Waals surface area contributed by atoms with Gasteiger partial charge in [0.1, 0.15) is 17.7 Å². The number of amidine groups is 1. The van der Waals surface area contributed by atoms with Gasteiger partial charge in [0, 0.05) is 23.5 Å². The third-order valence-electron chi connectivity index (χ3n) is 4.77. The molecule has 2 aromatic carbocycles. The van der Waals surface area contributed by atoms with Gasteiger partial charge in [-0.1, -0.05) is 39.8 Å². The number of likely N-dealkylation sites (N-methyl/N-ethyl adjacent to an activating group) is 1. The van der Waals surface area contributed by atoms with Gasteiger partial charge >= 0.3 is 0 Å². The maximum absolute atomic E-state index is 13.7. The minimum absolute atomic E-state index is 0.0918. The van der Waals surface area contributed by atoms with E-state index in [-0.39, 0.29) is 11.7 Å². The number of benzene rings is 2. The van der Waals surface area contributed by atoms with Crippen molar-refractivity contribution >= 4 is 38.8 Å². The van der Waals surface area contributed by atoms with Gasteiger partial charge in [-0.2, -0.15) is 0 Å². The summed E-state index contributed by atoms with van der Waals surface area (Å²) < 4.78 is 20.7. The van der Waals surface area contributed by atoms with Gasteiger partial charge in [0.15, 0.2) is 10.7 Å². The van der Waals surface area contributed by atoms with E-state index in [1.165, 1.54) is 23.9 Å². The van der Waals surface area contributed by atoms with Crippen molar-refractivity contribution in [1.29, 1.82) is 0 Å². The molecule has 2 heterocycles. The van der Waals surface area contributed by atoms with Crippen molar-refractivity contribution in [2.75, 3.05) is 13.3 Å². The summed E-state index contributed by atoms with van der Waals surface area (Å²) in [5.41, 5.74) is 0.378. The van der Waals surface area contributed by atoms with Crippen molar-refractivity contribution in [3.8, 4) is 5.75 Å². The van der Waals surface area contributed by atoms with E-state index < -0.39 is 11.6 Å². The minimum Gasteiger partial charge on any atom is -0.485 e. The fraction of sp³-hybridized carbons (Fsp3) is 0.263. The van der Waals surface area contributed by atoms with Crippen LogP contribution >= 0.6 is 27.7 Å². The van der Waals surface area contributed by atoms with E-state index in [0.29, 0.717) is 22.9 Å². The van der Waals surface area contributed by atoms with E-state index in [4.69, 9.17) is 9.73 Å². The summed E-state index contributed by atoms with van der Waals surface area (Å²) in [6.07, 6.45) is 1.77. The zero-order chi connectivity index (χ0) is 18.5. The largest absolute Gasteiger partial charge is 0.485 e. The molecule has 0 bridgehead atoms. The average molecular weight is 435 g/mol. The molecule has 1 spiro atoms. The van der Waals surface area contributed by atoms with Crippen LogP contribution in [-0.4, -0.2) is 29.3 Å². The number of hydrogen-bond acceptors (Lipinski definition) is 4. The van der Waals surface area contributed by atoms with Crippen molar-refractivity contribution < 1.29 is 13.9 Å². The second-order valence-corrected chi connectivity index (χ2v) is 8.02. The Hall–Kier alpha value is -1.86. The van der Waals surface area contributed by atoms with Crippen LogP contribution in [0.25, 0.3) is 0 Å². The molecule has 7 heteroatoms. The lowest BCUT2D eigenvalue weighted by atomic mass is 9.80. The van der Waals surface area contributed by atoms with Crippen LogP contribution in [-0.2, 0) is 10.3 Å². The standard InChI is InChI=1S/C19H16BrFN2O2S/c1-23-17(24)19(22-18(23)26-2)10-16(11-4-3-5-13(21)8-11)25-15-7-6-12(20)9-14(15)19/h3-9,16H,10H2,1-2H3. The summed E-state index contributed by atoms with van der Waals surface area (Å²) in [5.74, 6) is 0.178. The summed E-state index contributed by atoms with van der Waals surface area (Å²) in [7, 11) is 1.73. The number of nitrogens with zero attached hydrogens (tertiary/aromatic N) is 2. The molecule has 0 saturated heterocycles. The number of amides is 1. The van der Waals surface area contributed by atoms with Crippen LogP contribution in [0.1, 0.15) is 23.7 Å². The van der Waals surface area contributed by atoms with Crippen LogP contribution in [0.4, 0.5) is 4.39 Å². The lowest BCUT2D eigenvalue weighted by Crippen LogP contribution is -2.42. The maximum atomic E-state index is 13.7. The molecule has 2 aliphatic rings. The minimum atomic E-state index is -1.05. The van der Waals surface area contributed by atoms with Gasteiger partial charge < -0.3 is 4.74 Å². The number of carbonyl (C=O) groups is 1. The average Bonchev–Trinajstić information content (AvgIpc) is 2.87. The Morgan fingerprint density at radius 3 is 2.85 bits per heavy atom. The molecule has 26 heavy (non-hydrogen) atoms. The monoisotopic (exact) mass is 434 g/mol. The van der Waals surface area contributed by atoms with Crippen molar-refractivity contribution in [3.05, 3.63) is 63.9 Å². The Morgan fingerprint density at radius 2 is 2.15 bits per heavy atom. The smallest absolute Gasteiger partial charge is 0.261 e. The van der Waals surface area contributed by atoms with Gasteiger partial charge in [0.25, 0.3) is 5.91 Å². The molecule has 2 unspecified atom stereocenters. The Kier molecular flexibility index (Phi) is 4.31. The molecule has 4 rings (SSSR count). The number of halogens is 2. The number of fused-ring (bicyclic) bond motifs is 2. The van der Waals surface area contributed by atoms with E-state index in [0.717, 1.165) is 10.0 Å². The van der Waals surface area contributed by atoms with Gasteiger partial charge in [-0.25, -0.2) is 9.38 Å².